The highest BCUT2D eigenvalue weighted by Gasteiger charge is 2.34. The molecule has 1 aromatic carbocycles. The van der Waals surface area contributed by atoms with Crippen LogP contribution in [0.15, 0.2) is 24.3 Å². The molecule has 1 atom stereocenters. The van der Waals surface area contributed by atoms with E-state index in [0.29, 0.717) is 36.2 Å². The Hall–Kier alpha value is -2.22. The molecular formula is C27H38N3O3S+. The number of hydrogen-bond donors (Lipinski definition) is 3. The number of nitrogens with one attached hydrogen (secondary N) is 3. The van der Waals surface area contributed by atoms with Crippen LogP contribution < -0.4 is 15.5 Å². The van der Waals surface area contributed by atoms with Gasteiger partial charge in [-0.3, -0.25) is 9.59 Å². The van der Waals surface area contributed by atoms with Gasteiger partial charge in [0.05, 0.1) is 18.8 Å². The molecule has 2 aliphatic rings. The topological polar surface area (TPSA) is 71.9 Å². The minimum Gasteiger partial charge on any atom is -0.370 e. The molecule has 7 heteroatoms. The van der Waals surface area contributed by atoms with Crippen molar-refractivity contribution in [2.75, 3.05) is 43.5 Å². The molecule has 1 aromatic heterocycles. The van der Waals surface area contributed by atoms with Gasteiger partial charge in [0.2, 0.25) is 0 Å². The lowest BCUT2D eigenvalue weighted by Gasteiger charge is -2.33. The van der Waals surface area contributed by atoms with Crippen molar-refractivity contribution >= 4 is 33.8 Å². The average molecular weight is 485 g/mol. The Morgan fingerprint density at radius 2 is 1.88 bits per heavy atom. The highest BCUT2D eigenvalue weighted by molar-refractivity contribution is 7.17. The van der Waals surface area contributed by atoms with Crippen LogP contribution in [0.25, 0.3) is 0 Å². The second-order valence-electron chi connectivity index (χ2n) is 10.6. The van der Waals surface area contributed by atoms with E-state index in [0.717, 1.165) is 55.6 Å². The number of anilines is 2. The van der Waals surface area contributed by atoms with Gasteiger partial charge < -0.3 is 20.3 Å². The van der Waals surface area contributed by atoms with E-state index < -0.39 is 0 Å². The number of aryl methyl sites for hydroxylation is 1. The van der Waals surface area contributed by atoms with Crippen molar-refractivity contribution in [3.63, 3.8) is 0 Å². The van der Waals surface area contributed by atoms with E-state index in [2.05, 4.69) is 38.3 Å². The summed E-state index contributed by atoms with van der Waals surface area (Å²) in [4.78, 5) is 29.0. The molecule has 2 amide bonds. The fourth-order valence-corrected chi connectivity index (χ4v) is 6.36. The highest BCUT2D eigenvalue weighted by atomic mass is 32.1. The maximum Gasteiger partial charge on any atom is 0.280 e. The van der Waals surface area contributed by atoms with Crippen LogP contribution in [0.1, 0.15) is 60.5 Å². The van der Waals surface area contributed by atoms with Crippen LogP contribution in [0.4, 0.5) is 10.7 Å². The van der Waals surface area contributed by atoms with Gasteiger partial charge in [-0.25, -0.2) is 0 Å². The van der Waals surface area contributed by atoms with Crippen LogP contribution >= 0.6 is 11.3 Å². The van der Waals surface area contributed by atoms with Crippen molar-refractivity contribution in [2.24, 2.45) is 11.3 Å². The van der Waals surface area contributed by atoms with Gasteiger partial charge in [0.1, 0.15) is 18.1 Å². The smallest absolute Gasteiger partial charge is 0.280 e. The number of para-hydroxylation sites is 1. The number of carbonyl (C=O) groups excluding carboxylic acids is 2. The second kappa shape index (κ2) is 10.6. The van der Waals surface area contributed by atoms with Crippen molar-refractivity contribution in [3.05, 3.63) is 45.8 Å². The third-order valence-corrected chi connectivity index (χ3v) is 8.40. The number of carbonyl (C=O) groups is 2. The summed E-state index contributed by atoms with van der Waals surface area (Å²) in [5, 5.41) is 6.96. The van der Waals surface area contributed by atoms with E-state index in [1.807, 2.05) is 24.3 Å². The van der Waals surface area contributed by atoms with Crippen molar-refractivity contribution < 1.29 is 19.2 Å². The Morgan fingerprint density at radius 1 is 1.15 bits per heavy atom. The molecule has 2 aromatic rings. The predicted octanol–water partition coefficient (Wildman–Crippen LogP) is 3.57. The molecule has 4 rings (SSSR count). The highest BCUT2D eigenvalue weighted by Crippen LogP contribution is 2.44. The average Bonchev–Trinajstić information content (AvgIpc) is 3.16. The minimum atomic E-state index is -0.123. The van der Waals surface area contributed by atoms with Crippen LogP contribution in [0.3, 0.4) is 0 Å². The first kappa shape index (κ1) is 24.9. The molecule has 3 N–H and O–H groups in total. The zero-order chi connectivity index (χ0) is 24.3. The molecule has 184 valence electrons. The quantitative estimate of drug-likeness (QED) is 0.587. The second-order valence-corrected chi connectivity index (χ2v) is 11.7. The minimum absolute atomic E-state index is 0.0362. The lowest BCUT2D eigenvalue weighted by atomic mass is 9.72. The largest absolute Gasteiger partial charge is 0.370 e. The van der Waals surface area contributed by atoms with Crippen LogP contribution in [0, 0.1) is 11.3 Å². The Balaban J connectivity index is 1.61. The zero-order valence-corrected chi connectivity index (χ0v) is 21.7. The Bertz CT molecular complexity index is 1030. The SMILES string of the molecule is CCc1ccccc1NC(=O)c1c(NC(=O)C[NH+]2CCOCC2)sc2c1CC[C@@H](C(C)(C)C)C2. The summed E-state index contributed by atoms with van der Waals surface area (Å²) in [5.74, 6) is 0.407. The molecule has 1 aliphatic heterocycles. The number of morpholine rings is 1. The molecule has 6 nitrogen and oxygen atoms in total. The summed E-state index contributed by atoms with van der Waals surface area (Å²) in [6.07, 6.45) is 3.73. The third-order valence-electron chi connectivity index (χ3n) is 7.23. The Morgan fingerprint density at radius 3 is 2.59 bits per heavy atom. The molecule has 0 saturated carbocycles. The first-order chi connectivity index (χ1) is 16.3. The molecule has 0 bridgehead atoms. The van der Waals surface area contributed by atoms with Gasteiger partial charge in [-0.15, -0.1) is 11.3 Å². The summed E-state index contributed by atoms with van der Waals surface area (Å²) in [5.41, 5.74) is 3.94. The number of thiophene rings is 1. The van der Waals surface area contributed by atoms with Gasteiger partial charge in [0, 0.05) is 10.6 Å². The number of quaternary nitrogens is 1. The van der Waals surface area contributed by atoms with Gasteiger partial charge in [-0.05, 0) is 54.2 Å². The van der Waals surface area contributed by atoms with Crippen molar-refractivity contribution in [2.45, 2.75) is 53.4 Å². The van der Waals surface area contributed by atoms with E-state index in [1.165, 1.54) is 9.78 Å². The summed E-state index contributed by atoms with van der Waals surface area (Å²) < 4.78 is 5.41. The van der Waals surface area contributed by atoms with E-state index in [9.17, 15) is 9.59 Å². The van der Waals surface area contributed by atoms with Gasteiger partial charge >= 0.3 is 0 Å². The van der Waals surface area contributed by atoms with Crippen molar-refractivity contribution in [1.29, 1.82) is 0 Å². The van der Waals surface area contributed by atoms with Crippen LogP contribution in [0.2, 0.25) is 0 Å². The summed E-state index contributed by atoms with van der Waals surface area (Å²) in [6, 6.07) is 7.93. The van der Waals surface area contributed by atoms with Gasteiger partial charge in [0.15, 0.2) is 6.54 Å². The molecule has 1 fully saturated rings. The number of amides is 2. The Kier molecular flexibility index (Phi) is 7.75. The lowest BCUT2D eigenvalue weighted by molar-refractivity contribution is -0.899. The maximum atomic E-state index is 13.6. The fourth-order valence-electron chi connectivity index (χ4n) is 5.02. The van der Waals surface area contributed by atoms with Crippen LogP contribution in [0.5, 0.6) is 0 Å². The van der Waals surface area contributed by atoms with E-state index in [1.54, 1.807) is 11.3 Å². The van der Waals surface area contributed by atoms with Crippen LogP contribution in [-0.2, 0) is 28.8 Å². The molecule has 2 heterocycles. The van der Waals surface area contributed by atoms with E-state index in [-0.39, 0.29) is 17.2 Å². The number of rotatable bonds is 6. The number of hydrogen-bond acceptors (Lipinski definition) is 4. The lowest BCUT2D eigenvalue weighted by Crippen LogP contribution is -3.15. The molecule has 0 spiro atoms. The fraction of sp³-hybridized carbons (Fsp3) is 0.556. The molecular weight excluding hydrogens is 446 g/mol. The summed E-state index contributed by atoms with van der Waals surface area (Å²) >= 11 is 1.59. The molecule has 0 radical (unpaired) electrons. The molecule has 1 aliphatic carbocycles. The summed E-state index contributed by atoms with van der Waals surface area (Å²) in [7, 11) is 0. The van der Waals surface area contributed by atoms with Crippen molar-refractivity contribution in [1.82, 2.24) is 0 Å². The molecule has 1 saturated heterocycles. The standard InChI is InChI=1S/C27H37N3O3S/c1-5-18-8-6-7-9-21(18)28-25(32)24-20-11-10-19(27(2,3)4)16-22(20)34-26(24)29-23(31)17-30-12-14-33-15-13-30/h6-9,19H,5,10-17H2,1-4H3,(H,28,32)(H,29,31)/p+1/t19-/m1/s1. The monoisotopic (exact) mass is 484 g/mol. The predicted molar refractivity (Wildman–Crippen MR) is 138 cm³/mol. The van der Waals surface area contributed by atoms with E-state index in [4.69, 9.17) is 4.74 Å². The normalized spacial score (nSPS) is 18.9. The van der Waals surface area contributed by atoms with Gasteiger partial charge in [0.25, 0.3) is 11.8 Å². The summed E-state index contributed by atoms with van der Waals surface area (Å²) in [6.45, 7) is 12.4. The van der Waals surface area contributed by atoms with Gasteiger partial charge in [-0.1, -0.05) is 45.9 Å². The van der Waals surface area contributed by atoms with Crippen LogP contribution in [-0.4, -0.2) is 44.7 Å². The molecule has 34 heavy (non-hydrogen) atoms. The van der Waals surface area contributed by atoms with Gasteiger partial charge in [-0.2, -0.15) is 0 Å². The first-order valence-electron chi connectivity index (χ1n) is 12.5. The first-order valence-corrected chi connectivity index (χ1v) is 13.3. The third kappa shape index (κ3) is 5.70. The number of fused-ring (bicyclic) bond motifs is 1. The van der Waals surface area contributed by atoms with E-state index >= 15 is 0 Å². The number of ether oxygens (including phenoxy) is 1. The zero-order valence-electron chi connectivity index (χ0n) is 20.9. The number of benzene rings is 1. The molecule has 0 unspecified atom stereocenters. The van der Waals surface area contributed by atoms with Crippen molar-refractivity contribution in [3.8, 4) is 0 Å². The maximum absolute atomic E-state index is 13.6. The Labute approximate surface area is 207 Å².